The molecular weight excluding hydrogens is 458 g/mol. The number of carbonyl (C=O) groups excluding carboxylic acids is 1. The summed E-state index contributed by atoms with van der Waals surface area (Å²) in [5.74, 6) is 0.364. The molecule has 0 aliphatic carbocycles. The molecule has 4 rings (SSSR count). The van der Waals surface area contributed by atoms with Gasteiger partial charge >= 0.3 is 0 Å². The summed E-state index contributed by atoms with van der Waals surface area (Å²) >= 11 is 1.29. The summed E-state index contributed by atoms with van der Waals surface area (Å²) in [6.07, 6.45) is 1.16. The molecule has 0 saturated heterocycles. The zero-order chi connectivity index (χ0) is 23.6. The largest absolute Gasteiger partial charge is 0.484 e. The van der Waals surface area contributed by atoms with Crippen molar-refractivity contribution in [2.24, 2.45) is 0 Å². The summed E-state index contributed by atoms with van der Waals surface area (Å²) in [6, 6.07) is 18.7. The second-order valence-corrected chi connectivity index (χ2v) is 11.0. The first-order chi connectivity index (χ1) is 15.7. The minimum absolute atomic E-state index is 0.152. The number of nitrogens with zero attached hydrogens (tertiary/aromatic N) is 3. The number of thiazole rings is 1. The van der Waals surface area contributed by atoms with Crippen molar-refractivity contribution in [2.45, 2.75) is 4.90 Å². The van der Waals surface area contributed by atoms with E-state index < -0.39 is 9.84 Å². The fourth-order valence-electron chi connectivity index (χ4n) is 3.43. The summed E-state index contributed by atoms with van der Waals surface area (Å²) < 4.78 is 30.9. The molecule has 33 heavy (non-hydrogen) atoms. The monoisotopic (exact) mass is 483 g/mol. The van der Waals surface area contributed by atoms with Gasteiger partial charge in [-0.05, 0) is 49.1 Å². The van der Waals surface area contributed by atoms with Gasteiger partial charge in [-0.2, -0.15) is 0 Å². The van der Waals surface area contributed by atoms with Crippen LogP contribution in [-0.2, 0) is 14.6 Å². The number of para-hydroxylation sites is 1. The number of amides is 1. The second kappa shape index (κ2) is 9.46. The fraction of sp³-hybridized carbons (Fsp3) is 0.250. The molecule has 1 aromatic heterocycles. The van der Waals surface area contributed by atoms with Crippen LogP contribution in [0.4, 0.5) is 5.13 Å². The quantitative estimate of drug-likeness (QED) is 0.379. The maximum atomic E-state index is 13.2. The molecule has 9 heteroatoms. The lowest BCUT2D eigenvalue weighted by Crippen LogP contribution is -2.39. The standard InChI is InChI=1S/C24H25N3O4S2/c1-26(2)13-14-27(24-25-23-20(32-24)9-6-10-21(23)33(3,29)30)22(28)16-31-19-12-11-17-7-4-5-8-18(17)15-19/h4-12,15H,13-14,16H2,1-3H3. The Kier molecular flexibility index (Phi) is 6.64. The Bertz CT molecular complexity index is 1410. The zero-order valence-corrected chi connectivity index (χ0v) is 20.3. The van der Waals surface area contributed by atoms with Gasteiger partial charge in [-0.15, -0.1) is 0 Å². The average molecular weight is 484 g/mol. The van der Waals surface area contributed by atoms with E-state index in [0.29, 0.717) is 34.2 Å². The molecule has 0 N–H and O–H groups in total. The van der Waals surface area contributed by atoms with Crippen LogP contribution >= 0.6 is 11.3 Å². The van der Waals surface area contributed by atoms with Gasteiger partial charge in [0.25, 0.3) is 5.91 Å². The lowest BCUT2D eigenvalue weighted by atomic mass is 10.1. The van der Waals surface area contributed by atoms with Crippen molar-refractivity contribution < 1.29 is 17.9 Å². The summed E-state index contributed by atoms with van der Waals surface area (Å²) in [5.41, 5.74) is 0.387. The van der Waals surface area contributed by atoms with E-state index in [1.165, 1.54) is 17.4 Å². The van der Waals surface area contributed by atoms with Crippen molar-refractivity contribution in [1.29, 1.82) is 0 Å². The van der Waals surface area contributed by atoms with Crippen molar-refractivity contribution in [3.8, 4) is 5.75 Å². The average Bonchev–Trinajstić information content (AvgIpc) is 3.20. The molecule has 0 radical (unpaired) electrons. The lowest BCUT2D eigenvalue weighted by Gasteiger charge is -2.22. The minimum atomic E-state index is -3.44. The molecule has 0 saturated carbocycles. The van der Waals surface area contributed by atoms with Crippen molar-refractivity contribution >= 4 is 53.2 Å². The Balaban J connectivity index is 1.60. The fourth-order valence-corrected chi connectivity index (χ4v) is 5.37. The van der Waals surface area contributed by atoms with Gasteiger partial charge in [0, 0.05) is 19.3 Å². The van der Waals surface area contributed by atoms with E-state index in [1.807, 2.05) is 67.5 Å². The number of benzene rings is 3. The molecule has 7 nitrogen and oxygen atoms in total. The highest BCUT2D eigenvalue weighted by molar-refractivity contribution is 7.91. The van der Waals surface area contributed by atoms with Crippen LogP contribution in [0.3, 0.4) is 0 Å². The maximum Gasteiger partial charge on any atom is 0.266 e. The van der Waals surface area contributed by atoms with Gasteiger partial charge in [0.05, 0.1) is 9.60 Å². The van der Waals surface area contributed by atoms with Crippen molar-refractivity contribution in [2.75, 3.05) is 44.9 Å². The predicted molar refractivity (Wildman–Crippen MR) is 133 cm³/mol. The Morgan fingerprint density at radius 2 is 1.76 bits per heavy atom. The van der Waals surface area contributed by atoms with E-state index in [0.717, 1.165) is 17.0 Å². The van der Waals surface area contributed by atoms with E-state index in [2.05, 4.69) is 4.98 Å². The van der Waals surface area contributed by atoms with Gasteiger partial charge in [-0.25, -0.2) is 13.4 Å². The van der Waals surface area contributed by atoms with Gasteiger partial charge < -0.3 is 9.64 Å². The Hall–Kier alpha value is -3.01. The third-order valence-corrected chi connectivity index (χ3v) is 7.33. The number of hydrogen-bond donors (Lipinski definition) is 0. The number of aromatic nitrogens is 1. The van der Waals surface area contributed by atoms with E-state index >= 15 is 0 Å². The zero-order valence-electron chi connectivity index (χ0n) is 18.7. The van der Waals surface area contributed by atoms with Crippen LogP contribution < -0.4 is 9.64 Å². The second-order valence-electron chi connectivity index (χ2n) is 8.02. The third kappa shape index (κ3) is 5.32. The Labute approximate surface area is 197 Å². The molecule has 1 heterocycles. The van der Waals surface area contributed by atoms with Gasteiger partial charge in [0.2, 0.25) is 0 Å². The molecular formula is C24H25N3O4S2. The number of ether oxygens (including phenoxy) is 1. The highest BCUT2D eigenvalue weighted by Gasteiger charge is 2.23. The smallest absolute Gasteiger partial charge is 0.266 e. The molecule has 4 aromatic rings. The van der Waals surface area contributed by atoms with Crippen molar-refractivity contribution in [1.82, 2.24) is 9.88 Å². The first kappa shape index (κ1) is 23.2. The maximum absolute atomic E-state index is 13.2. The van der Waals surface area contributed by atoms with Crippen LogP contribution in [0.1, 0.15) is 0 Å². The van der Waals surface area contributed by atoms with E-state index in [1.54, 1.807) is 11.0 Å². The van der Waals surface area contributed by atoms with E-state index in [9.17, 15) is 13.2 Å². The number of sulfone groups is 1. The highest BCUT2D eigenvalue weighted by atomic mass is 32.2. The van der Waals surface area contributed by atoms with Crippen LogP contribution in [-0.4, -0.2) is 64.3 Å². The minimum Gasteiger partial charge on any atom is -0.484 e. The van der Waals surface area contributed by atoms with Gasteiger partial charge in [-0.3, -0.25) is 9.69 Å². The van der Waals surface area contributed by atoms with Crippen LogP contribution in [0.15, 0.2) is 65.6 Å². The molecule has 3 aromatic carbocycles. The van der Waals surface area contributed by atoms with Crippen LogP contribution in [0.25, 0.3) is 21.0 Å². The predicted octanol–water partition coefficient (Wildman–Crippen LogP) is 3.83. The number of anilines is 1. The lowest BCUT2D eigenvalue weighted by molar-refractivity contribution is -0.120. The SMILES string of the molecule is CN(C)CCN(C(=O)COc1ccc2ccccc2c1)c1nc2c(S(C)(=O)=O)cccc2s1. The third-order valence-electron chi connectivity index (χ3n) is 5.16. The molecule has 1 amide bonds. The molecule has 0 unspecified atom stereocenters. The first-order valence-corrected chi connectivity index (χ1v) is 13.1. The highest BCUT2D eigenvalue weighted by Crippen LogP contribution is 2.32. The number of carbonyl (C=O) groups is 1. The topological polar surface area (TPSA) is 79.8 Å². The first-order valence-electron chi connectivity index (χ1n) is 10.4. The normalized spacial score (nSPS) is 11.9. The van der Waals surface area contributed by atoms with Gasteiger partial charge in [-0.1, -0.05) is 47.7 Å². The Morgan fingerprint density at radius 3 is 2.48 bits per heavy atom. The molecule has 0 aliphatic rings. The van der Waals surface area contributed by atoms with Crippen LogP contribution in [0, 0.1) is 0 Å². The molecule has 0 bridgehead atoms. The van der Waals surface area contributed by atoms with Crippen molar-refractivity contribution in [3.63, 3.8) is 0 Å². The number of hydrogen-bond acceptors (Lipinski definition) is 7. The summed E-state index contributed by atoms with van der Waals surface area (Å²) in [7, 11) is 0.406. The van der Waals surface area contributed by atoms with Gasteiger partial charge in [0.1, 0.15) is 11.3 Å². The summed E-state index contributed by atoms with van der Waals surface area (Å²) in [4.78, 5) is 21.4. The Morgan fingerprint density at radius 1 is 1.00 bits per heavy atom. The molecule has 0 aliphatic heterocycles. The number of rotatable bonds is 8. The van der Waals surface area contributed by atoms with Crippen LogP contribution in [0.5, 0.6) is 5.75 Å². The van der Waals surface area contributed by atoms with Gasteiger partial charge in [0.15, 0.2) is 21.6 Å². The van der Waals surface area contributed by atoms with Crippen molar-refractivity contribution in [3.05, 3.63) is 60.7 Å². The molecule has 0 atom stereocenters. The molecule has 0 spiro atoms. The summed E-state index contributed by atoms with van der Waals surface area (Å²) in [6.45, 7) is 0.873. The number of fused-ring (bicyclic) bond motifs is 2. The van der Waals surface area contributed by atoms with Crippen LogP contribution in [0.2, 0.25) is 0 Å². The van der Waals surface area contributed by atoms with E-state index in [4.69, 9.17) is 4.74 Å². The van der Waals surface area contributed by atoms with E-state index in [-0.39, 0.29) is 17.4 Å². The number of likely N-dealkylation sites (N-methyl/N-ethyl adjacent to an activating group) is 1. The molecule has 0 fully saturated rings. The summed E-state index contributed by atoms with van der Waals surface area (Å²) in [5, 5.41) is 2.58. The molecule has 172 valence electrons.